The first-order valence-electron chi connectivity index (χ1n) is 20.9. The van der Waals surface area contributed by atoms with Crippen molar-refractivity contribution in [2.45, 2.75) is 173 Å². The number of aliphatic hydroxyl groups excluding tert-OH is 9. The summed E-state index contributed by atoms with van der Waals surface area (Å²) in [5.41, 5.74) is -2.49. The zero-order valence-electron chi connectivity index (χ0n) is 34.1. The molecule has 6 fully saturated rings. The van der Waals surface area contributed by atoms with Gasteiger partial charge in [-0.2, -0.15) is 0 Å². The van der Waals surface area contributed by atoms with Crippen molar-refractivity contribution in [3.05, 3.63) is 11.6 Å². The van der Waals surface area contributed by atoms with Crippen LogP contribution in [-0.4, -0.2) is 145 Å². The number of hydrogen-bond donors (Lipinski definition) is 9. The lowest BCUT2D eigenvalue weighted by Crippen LogP contribution is -2.67. The van der Waals surface area contributed by atoms with Gasteiger partial charge < -0.3 is 69.7 Å². The quantitative estimate of drug-likeness (QED) is 0.0734. The summed E-state index contributed by atoms with van der Waals surface area (Å²) in [6.45, 7) is 11.6. The summed E-state index contributed by atoms with van der Waals surface area (Å²) in [4.78, 5) is 27.9. The van der Waals surface area contributed by atoms with E-state index in [9.17, 15) is 55.5 Å². The van der Waals surface area contributed by atoms with Crippen molar-refractivity contribution >= 4 is 12.3 Å². The lowest BCUT2D eigenvalue weighted by Gasteiger charge is -2.71. The first kappa shape index (κ1) is 43.5. The molecule has 2 aliphatic heterocycles. The lowest BCUT2D eigenvalue weighted by atomic mass is 9.33. The molecule has 7 rings (SSSR count). The predicted molar refractivity (Wildman–Crippen MR) is 199 cm³/mol. The number of aliphatic hydroxyl groups is 9. The molecule has 9 N–H and O–H groups in total. The highest BCUT2D eigenvalue weighted by atomic mass is 16.7. The highest BCUT2D eigenvalue weighted by Crippen LogP contribution is 2.76. The minimum absolute atomic E-state index is 0.109. The van der Waals surface area contributed by atoms with Gasteiger partial charge in [0.05, 0.1) is 36.3 Å². The van der Waals surface area contributed by atoms with E-state index in [2.05, 4.69) is 26.8 Å². The monoisotopic (exact) mass is 810 g/mol. The van der Waals surface area contributed by atoms with Crippen molar-refractivity contribution in [1.82, 2.24) is 0 Å². The maximum atomic E-state index is 14.6. The summed E-state index contributed by atoms with van der Waals surface area (Å²) in [6, 6.07) is 0. The van der Waals surface area contributed by atoms with Gasteiger partial charge in [-0.1, -0.05) is 53.2 Å². The van der Waals surface area contributed by atoms with Gasteiger partial charge in [-0.3, -0.25) is 4.79 Å². The minimum atomic E-state index is -1.75. The van der Waals surface area contributed by atoms with Crippen molar-refractivity contribution in [3.63, 3.8) is 0 Å². The molecule has 4 saturated carbocycles. The summed E-state index contributed by atoms with van der Waals surface area (Å²) < 4.78 is 23.5. The average molecular weight is 811 g/mol. The predicted octanol–water partition coefficient (Wildman–Crippen LogP) is 0.466. The fourth-order valence-electron chi connectivity index (χ4n) is 13.4. The van der Waals surface area contributed by atoms with E-state index in [-0.39, 0.29) is 40.4 Å². The molecule has 0 radical (unpaired) electrons. The number of allylic oxidation sites excluding steroid dienone is 2. The molecule has 0 unspecified atom stereocenters. The molecule has 0 amide bonds. The Morgan fingerprint density at radius 2 is 1.35 bits per heavy atom. The Kier molecular flexibility index (Phi) is 11.3. The lowest BCUT2D eigenvalue weighted by molar-refractivity contribution is -0.327. The van der Waals surface area contributed by atoms with Crippen LogP contribution in [-0.2, 0) is 28.5 Å². The first-order chi connectivity index (χ1) is 26.6. The van der Waals surface area contributed by atoms with E-state index in [0.29, 0.717) is 44.9 Å². The van der Waals surface area contributed by atoms with Crippen LogP contribution in [0.15, 0.2) is 11.6 Å². The number of fused-ring (bicyclic) bond motifs is 7. The summed E-state index contributed by atoms with van der Waals surface area (Å²) in [7, 11) is 0. The molecule has 20 atom stereocenters. The topological polar surface area (TPSA) is 253 Å². The van der Waals surface area contributed by atoms with Crippen LogP contribution < -0.4 is 0 Å². The highest BCUT2D eigenvalue weighted by Gasteiger charge is 2.71. The van der Waals surface area contributed by atoms with E-state index >= 15 is 0 Å². The summed E-state index contributed by atoms with van der Waals surface area (Å²) >= 11 is 0. The van der Waals surface area contributed by atoms with E-state index < -0.39 is 109 Å². The van der Waals surface area contributed by atoms with Crippen LogP contribution in [0.4, 0.5) is 0 Å². The largest absolute Gasteiger partial charge is 0.432 e. The maximum Gasteiger partial charge on any atom is 0.315 e. The van der Waals surface area contributed by atoms with Gasteiger partial charge in [0.1, 0.15) is 55.1 Å². The molecule has 5 aliphatic carbocycles. The van der Waals surface area contributed by atoms with Crippen LogP contribution in [0.3, 0.4) is 0 Å². The van der Waals surface area contributed by atoms with Crippen molar-refractivity contribution in [3.8, 4) is 0 Å². The molecule has 0 aromatic rings. The molecule has 15 nitrogen and oxygen atoms in total. The number of ether oxygens (including phenoxy) is 4. The average Bonchev–Trinajstić information content (AvgIpc) is 3.17. The Bertz CT molecular complexity index is 1570. The van der Waals surface area contributed by atoms with Crippen LogP contribution in [0.2, 0.25) is 0 Å². The Morgan fingerprint density at radius 3 is 1.95 bits per heavy atom. The smallest absolute Gasteiger partial charge is 0.315 e. The van der Waals surface area contributed by atoms with Gasteiger partial charge in [0.15, 0.2) is 6.29 Å². The second-order valence-corrected chi connectivity index (χ2v) is 20.4. The molecule has 0 aromatic carbocycles. The normalized spacial score (nSPS) is 54.6. The van der Waals surface area contributed by atoms with Gasteiger partial charge in [-0.05, 0) is 97.2 Å². The van der Waals surface area contributed by atoms with Crippen LogP contribution in [0.25, 0.3) is 0 Å². The second kappa shape index (κ2) is 14.8. The summed E-state index contributed by atoms with van der Waals surface area (Å²) in [5, 5.41) is 94.2. The fourth-order valence-corrected chi connectivity index (χ4v) is 13.4. The maximum absolute atomic E-state index is 14.6. The van der Waals surface area contributed by atoms with Gasteiger partial charge in [-0.25, -0.2) is 0 Å². The first-order valence-corrected chi connectivity index (χ1v) is 20.9. The number of rotatable bonds is 7. The van der Waals surface area contributed by atoms with Crippen molar-refractivity contribution in [2.24, 2.45) is 50.2 Å². The van der Waals surface area contributed by atoms with Gasteiger partial charge in [-0.15, -0.1) is 0 Å². The summed E-state index contributed by atoms with van der Waals surface area (Å²) in [6.07, 6.45) is -8.39. The molecule has 0 bridgehead atoms. The zero-order chi connectivity index (χ0) is 41.8. The third kappa shape index (κ3) is 6.27. The van der Waals surface area contributed by atoms with Crippen LogP contribution in [0.1, 0.15) is 99.3 Å². The molecule has 2 heterocycles. The molecule has 324 valence electrons. The zero-order valence-corrected chi connectivity index (χ0v) is 34.1. The molecular formula is C42H66O15. The van der Waals surface area contributed by atoms with E-state index in [1.807, 2.05) is 20.8 Å². The molecule has 57 heavy (non-hydrogen) atoms. The van der Waals surface area contributed by atoms with E-state index in [0.717, 1.165) is 18.3 Å². The van der Waals surface area contributed by atoms with E-state index in [1.165, 1.54) is 0 Å². The number of hydrogen-bond acceptors (Lipinski definition) is 15. The second-order valence-electron chi connectivity index (χ2n) is 20.4. The van der Waals surface area contributed by atoms with E-state index in [1.54, 1.807) is 0 Å². The number of aldehydes is 1. The fraction of sp³-hybridized carbons (Fsp3) is 0.905. The van der Waals surface area contributed by atoms with Gasteiger partial charge in [0, 0.05) is 0 Å². The Balaban J connectivity index is 1.19. The molecular weight excluding hydrogens is 744 g/mol. The highest BCUT2D eigenvalue weighted by molar-refractivity contribution is 5.79. The van der Waals surface area contributed by atoms with E-state index in [4.69, 9.17) is 18.9 Å². The van der Waals surface area contributed by atoms with Crippen LogP contribution in [0, 0.1) is 50.2 Å². The number of carbonyl (C=O) groups is 2. The summed E-state index contributed by atoms with van der Waals surface area (Å²) in [5.74, 6) is -0.946. The molecule has 0 spiro atoms. The third-order valence-electron chi connectivity index (χ3n) is 17.4. The van der Waals surface area contributed by atoms with Gasteiger partial charge in [0.25, 0.3) is 0 Å². The number of esters is 1. The molecule has 15 heteroatoms. The Labute approximate surface area is 334 Å². The van der Waals surface area contributed by atoms with Crippen LogP contribution >= 0.6 is 0 Å². The van der Waals surface area contributed by atoms with Crippen LogP contribution in [0.5, 0.6) is 0 Å². The van der Waals surface area contributed by atoms with Gasteiger partial charge in [0.2, 0.25) is 6.29 Å². The Morgan fingerprint density at radius 1 is 0.754 bits per heavy atom. The number of carbonyl (C=O) groups excluding carboxylic acids is 2. The Hall–Kier alpha value is -1.60. The van der Waals surface area contributed by atoms with Gasteiger partial charge >= 0.3 is 5.97 Å². The third-order valence-corrected chi connectivity index (χ3v) is 17.4. The van der Waals surface area contributed by atoms with Crippen molar-refractivity contribution in [2.75, 3.05) is 13.2 Å². The molecule has 7 aliphatic rings. The standard InChI is InChI=1S/C42H66O15/c1-37(2)15-21-20-7-8-25-38(3)11-10-27(56-34-32(51)30(49)28(47)22(17-43)54-34)39(4,19-45)24(38)9-12-41(25,6)40(20,5)13-14-42(21,16-26(37)46)36(53)57-35-33(52)31(50)29(48)23(18-44)55-35/h7,19,21-35,43-44,46-52H,8-18H2,1-6H3/t21-,22+,23+,24+,25+,26-,27-,28+,29+,30-,31-,32+,33+,34-,35-,38-,39-,40+,41+,42+/m0/s1. The van der Waals surface area contributed by atoms with Crippen molar-refractivity contribution < 1.29 is 74.5 Å². The molecule has 0 aromatic heterocycles. The molecule has 2 saturated heterocycles. The minimum Gasteiger partial charge on any atom is -0.432 e. The van der Waals surface area contributed by atoms with Crippen molar-refractivity contribution in [1.29, 1.82) is 0 Å². The SMILES string of the molecule is CC1(C)C[C@H]2C3=CC[C@@H]4[C@@]5(C)CC[C@H](O[C@@H]6O[C@H](CO)[C@@H](O)[C@H](O)[C@H]6O)[C@@](C)(C=O)[C@@H]5CC[C@@]4(C)[C@]3(C)CC[C@@]2(C(=O)O[C@@H]2O[C@H](CO)[C@@H](O)[C@H](O)[C@H]2O)C[C@@H]1O.